The van der Waals surface area contributed by atoms with E-state index in [2.05, 4.69) is 5.53 Å². The van der Waals surface area contributed by atoms with Crippen molar-refractivity contribution in [3.8, 4) is 0 Å². The second-order valence-corrected chi connectivity index (χ2v) is 7.95. The molecule has 0 amide bonds. The van der Waals surface area contributed by atoms with Gasteiger partial charge in [0.15, 0.2) is 0 Å². The molecule has 0 spiro atoms. The first-order valence-electron chi connectivity index (χ1n) is 1.12. The van der Waals surface area contributed by atoms with Crippen molar-refractivity contribution in [2.24, 2.45) is 0 Å². The van der Waals surface area contributed by atoms with Crippen molar-refractivity contribution in [3.05, 3.63) is 5.53 Å². The monoisotopic (exact) mass is 160 g/mol. The summed E-state index contributed by atoms with van der Waals surface area (Å²) < 4.78 is 0. The summed E-state index contributed by atoms with van der Waals surface area (Å²) in [6, 6.07) is 0. The zero-order valence-corrected chi connectivity index (χ0v) is 8.94. The fourth-order valence-electron chi connectivity index (χ4n) is 0.115. The summed E-state index contributed by atoms with van der Waals surface area (Å²) in [5.74, 6) is 0. The van der Waals surface area contributed by atoms with Crippen molar-refractivity contribution in [1.29, 1.82) is 0 Å². The van der Waals surface area contributed by atoms with E-state index in [0.29, 0.717) is 0 Å². The summed E-state index contributed by atoms with van der Waals surface area (Å²) in [5.41, 5.74) is 2.28. The summed E-state index contributed by atoms with van der Waals surface area (Å²) in [4.78, 5) is 0. The first-order valence-corrected chi connectivity index (χ1v) is 6.95. The Labute approximate surface area is 65.5 Å². The summed E-state index contributed by atoms with van der Waals surface area (Å²) in [7, 11) is 6.16. The van der Waals surface area contributed by atoms with Crippen molar-refractivity contribution in [2.75, 3.05) is 0 Å². The average Bonchev–Trinajstić information content (AvgIpc) is 1.76. The fraction of sp³-hybridized carbons (Fsp3) is 0. The molecule has 0 aromatic carbocycles. The van der Waals surface area contributed by atoms with Crippen molar-refractivity contribution < 1.29 is 29.6 Å². The second-order valence-electron chi connectivity index (χ2n) is 0.525. The molecule has 0 radical (unpaired) electrons. The number of hydrogen-bond donors (Lipinski definition) is 0. The molecule has 1 heterocycles. The molecule has 6 heavy (non-hydrogen) atoms. The van der Waals surface area contributed by atoms with Gasteiger partial charge >= 0.3 is 29.6 Å². The predicted molar refractivity (Wildman–Crippen MR) is 32.1 cm³/mol. The zero-order chi connectivity index (χ0) is 3.54. The maximum Gasteiger partial charge on any atom is 1.00 e. The molecule has 0 saturated heterocycles. The molecule has 1 aromatic rings. The zero-order valence-electron chi connectivity index (χ0n) is 3.37. The summed E-state index contributed by atoms with van der Waals surface area (Å²) >= 11 is 0. The van der Waals surface area contributed by atoms with E-state index >= 15 is 0 Å². The van der Waals surface area contributed by atoms with Crippen LogP contribution in [0, 0.1) is 0 Å². The topological polar surface area (TPSA) is 0 Å². The SMILES string of the molecule is [Na+].c1ppp[p-]1. The van der Waals surface area contributed by atoms with Crippen LogP contribution in [0.25, 0.3) is 0 Å². The third-order valence-corrected chi connectivity index (χ3v) is 8.82. The van der Waals surface area contributed by atoms with Gasteiger partial charge < -0.3 is 0 Å². The van der Waals surface area contributed by atoms with Crippen LogP contribution in [0.15, 0.2) is 5.53 Å². The van der Waals surface area contributed by atoms with Gasteiger partial charge in [0, 0.05) is 0 Å². The first-order chi connectivity index (χ1) is 2.50. The summed E-state index contributed by atoms with van der Waals surface area (Å²) in [6.45, 7) is 0. The van der Waals surface area contributed by atoms with Gasteiger partial charge in [0.2, 0.25) is 0 Å². The molecule has 0 fully saturated rings. The molecule has 0 saturated carbocycles. The molecule has 0 aliphatic carbocycles. The standard InChI is InChI=1S/CHP4.Na/c1-2-4-5-3-1;/h1H;/q-1;+1. The Balaban J connectivity index is 0.000000250. The molecule has 0 bridgehead atoms. The molecule has 1 rings (SSSR count). The van der Waals surface area contributed by atoms with Crippen LogP contribution in [0.3, 0.4) is 0 Å². The molecule has 1 aromatic heterocycles. The van der Waals surface area contributed by atoms with E-state index in [0.717, 1.165) is 0 Å². The number of hydrogen-bond acceptors (Lipinski definition) is 0. The van der Waals surface area contributed by atoms with E-state index in [9.17, 15) is 0 Å². The van der Waals surface area contributed by atoms with Gasteiger partial charge in [0.1, 0.15) is 0 Å². The van der Waals surface area contributed by atoms with Crippen LogP contribution in [0.1, 0.15) is 0 Å². The summed E-state index contributed by atoms with van der Waals surface area (Å²) in [5, 5.41) is 0. The third-order valence-electron chi connectivity index (χ3n) is 0.247. The van der Waals surface area contributed by atoms with Crippen molar-refractivity contribution in [1.82, 2.24) is 0 Å². The van der Waals surface area contributed by atoms with Gasteiger partial charge in [-0.15, -0.1) is 5.53 Å². The Kier molecular flexibility index (Phi) is 7.01. The van der Waals surface area contributed by atoms with E-state index in [1.54, 1.807) is 15.1 Å². The van der Waals surface area contributed by atoms with Gasteiger partial charge in [-0.3, -0.25) is 7.87 Å². The second kappa shape index (κ2) is 5.21. The van der Waals surface area contributed by atoms with Gasteiger partial charge in [-0.05, 0) is 0 Å². The van der Waals surface area contributed by atoms with E-state index in [-0.39, 0.29) is 29.6 Å². The van der Waals surface area contributed by atoms with Gasteiger partial charge in [-0.25, -0.2) is 15.4 Å². The molecule has 0 aliphatic heterocycles. The average molecular weight is 160 g/mol. The molecule has 5 heteroatoms. The van der Waals surface area contributed by atoms with Crippen LogP contribution in [0.5, 0.6) is 0 Å². The molecule has 0 nitrogen and oxygen atoms in total. The molecule has 0 atom stereocenters. The molecule has 0 aliphatic rings. The normalized spacial score (nSPS) is 12.0. The van der Waals surface area contributed by atoms with E-state index in [4.69, 9.17) is 0 Å². The fourth-order valence-corrected chi connectivity index (χ4v) is 9.35. The molecule has 26 valence electrons. The Morgan fingerprint density at radius 3 is 2.50 bits per heavy atom. The van der Waals surface area contributed by atoms with Crippen LogP contribution < -0.4 is 29.6 Å². The molecule has 0 N–H and O–H groups in total. The Hall–Kier alpha value is 2.07. The number of rotatable bonds is 0. The largest absolute Gasteiger partial charge is 1.00 e. The van der Waals surface area contributed by atoms with E-state index in [1.165, 1.54) is 15.7 Å². The minimum absolute atomic E-state index is 0. The van der Waals surface area contributed by atoms with Gasteiger partial charge in [-0.1, -0.05) is 0 Å². The minimum Gasteiger partial charge on any atom is -0.273 e. The molecular formula is CHNaP4. The smallest absolute Gasteiger partial charge is 0.273 e. The predicted octanol–water partition coefficient (Wildman–Crippen LogP) is 0.730. The Morgan fingerprint density at radius 1 is 1.50 bits per heavy atom. The molecular weight excluding hydrogens is 159 g/mol. The van der Waals surface area contributed by atoms with Gasteiger partial charge in [0.25, 0.3) is 0 Å². The van der Waals surface area contributed by atoms with Gasteiger partial charge in [0.05, 0.1) is 0 Å². The van der Waals surface area contributed by atoms with Gasteiger partial charge in [-0.2, -0.15) is 7.55 Å². The van der Waals surface area contributed by atoms with Crippen LogP contribution >= 0.6 is 30.8 Å². The van der Waals surface area contributed by atoms with Crippen molar-refractivity contribution >= 4 is 30.8 Å². The summed E-state index contributed by atoms with van der Waals surface area (Å²) in [6.07, 6.45) is 0. The van der Waals surface area contributed by atoms with E-state index in [1.807, 2.05) is 0 Å². The maximum atomic E-state index is 2.28. The van der Waals surface area contributed by atoms with Crippen LogP contribution in [-0.4, -0.2) is 0 Å². The minimum atomic E-state index is 0. The maximum absolute atomic E-state index is 2.28. The van der Waals surface area contributed by atoms with Crippen LogP contribution in [0.4, 0.5) is 0 Å². The van der Waals surface area contributed by atoms with Crippen LogP contribution in [-0.2, 0) is 0 Å². The quantitative estimate of drug-likeness (QED) is 0.490. The Bertz CT molecular complexity index is 64.0. The van der Waals surface area contributed by atoms with E-state index < -0.39 is 0 Å². The molecule has 0 unspecified atom stereocenters. The third kappa shape index (κ3) is 3.12. The first kappa shape index (κ1) is 8.07. The van der Waals surface area contributed by atoms with Crippen molar-refractivity contribution in [3.63, 3.8) is 0 Å². The Morgan fingerprint density at radius 2 is 2.33 bits per heavy atom. The van der Waals surface area contributed by atoms with Crippen molar-refractivity contribution in [2.45, 2.75) is 0 Å². The van der Waals surface area contributed by atoms with Crippen LogP contribution in [0.2, 0.25) is 0 Å².